The van der Waals surface area contributed by atoms with Gasteiger partial charge in [-0.05, 0) is 18.1 Å². The molecule has 0 saturated carbocycles. The van der Waals surface area contributed by atoms with Crippen LogP contribution in [-0.2, 0) is 14.6 Å². The largest absolute Gasteiger partial charge is 0.481 e. The Morgan fingerprint density at radius 1 is 1.44 bits per heavy atom. The predicted octanol–water partition coefficient (Wildman–Crippen LogP) is 2.06. The molecule has 1 aromatic rings. The molecule has 0 bridgehead atoms. The number of sulfone groups is 1. The number of carboxylic acid groups (broad SMARTS) is 1. The molecule has 5 heteroatoms. The summed E-state index contributed by atoms with van der Waals surface area (Å²) in [7, 11) is -3.31. The molecule has 1 N–H and O–H groups in total. The minimum absolute atomic E-state index is 0.0800. The predicted molar refractivity (Wildman–Crippen MR) is 67.3 cm³/mol. The fourth-order valence-electron chi connectivity index (χ4n) is 2.63. The lowest BCUT2D eigenvalue weighted by Crippen LogP contribution is -2.23. The molecule has 2 unspecified atom stereocenters. The van der Waals surface area contributed by atoms with Crippen LogP contribution < -0.4 is 0 Å². The van der Waals surface area contributed by atoms with Gasteiger partial charge in [-0.2, -0.15) is 0 Å². The van der Waals surface area contributed by atoms with Gasteiger partial charge in [-0.25, -0.2) is 8.42 Å². The third kappa shape index (κ3) is 2.14. The third-order valence-electron chi connectivity index (χ3n) is 3.46. The van der Waals surface area contributed by atoms with Gasteiger partial charge < -0.3 is 5.11 Å². The molecule has 1 heterocycles. The second-order valence-corrected chi connectivity index (χ2v) is 6.66. The van der Waals surface area contributed by atoms with Crippen LogP contribution in [0, 0.1) is 5.92 Å². The second-order valence-electron chi connectivity index (χ2n) is 4.66. The molecule has 0 amide bonds. The maximum Gasteiger partial charge on any atom is 0.307 e. The highest BCUT2D eigenvalue weighted by molar-refractivity contribution is 7.91. The van der Waals surface area contributed by atoms with Crippen molar-refractivity contribution in [3.05, 3.63) is 29.8 Å². The Balaban J connectivity index is 2.46. The van der Waals surface area contributed by atoms with E-state index in [1.54, 1.807) is 24.3 Å². The zero-order valence-electron chi connectivity index (χ0n) is 10.2. The molecule has 0 fully saturated rings. The number of carboxylic acids is 1. The molecule has 0 radical (unpaired) electrons. The van der Waals surface area contributed by atoms with Crippen molar-refractivity contribution in [1.29, 1.82) is 0 Å². The van der Waals surface area contributed by atoms with Crippen LogP contribution in [0.4, 0.5) is 0 Å². The van der Waals surface area contributed by atoms with E-state index < -0.39 is 27.6 Å². The van der Waals surface area contributed by atoms with Gasteiger partial charge >= 0.3 is 5.97 Å². The molecule has 2 atom stereocenters. The molecule has 1 aliphatic heterocycles. The van der Waals surface area contributed by atoms with Gasteiger partial charge in [0.2, 0.25) is 0 Å². The first-order valence-electron chi connectivity index (χ1n) is 6.02. The van der Waals surface area contributed by atoms with Gasteiger partial charge in [0.1, 0.15) is 0 Å². The van der Waals surface area contributed by atoms with Crippen molar-refractivity contribution in [3.63, 3.8) is 0 Å². The van der Waals surface area contributed by atoms with E-state index in [1.807, 2.05) is 6.92 Å². The quantitative estimate of drug-likeness (QED) is 0.907. The summed E-state index contributed by atoms with van der Waals surface area (Å²) in [6, 6.07) is 6.73. The lowest BCUT2D eigenvalue weighted by Gasteiger charge is -2.18. The molecule has 2 rings (SSSR count). The van der Waals surface area contributed by atoms with Crippen molar-refractivity contribution >= 4 is 15.8 Å². The van der Waals surface area contributed by atoms with Crippen molar-refractivity contribution < 1.29 is 18.3 Å². The Morgan fingerprint density at radius 2 is 2.11 bits per heavy atom. The summed E-state index contributed by atoms with van der Waals surface area (Å²) in [6.07, 6.45) is 1.24. The first-order chi connectivity index (χ1) is 8.47. The van der Waals surface area contributed by atoms with E-state index >= 15 is 0 Å². The average Bonchev–Trinajstić information content (AvgIpc) is 2.59. The molecule has 0 spiro atoms. The summed E-state index contributed by atoms with van der Waals surface area (Å²) in [4.78, 5) is 11.6. The molecule has 98 valence electrons. The molecule has 0 aliphatic carbocycles. The molecule has 1 aromatic carbocycles. The topological polar surface area (TPSA) is 71.4 Å². The molecule has 18 heavy (non-hydrogen) atoms. The number of aliphatic carboxylic acids is 1. The van der Waals surface area contributed by atoms with E-state index in [2.05, 4.69) is 0 Å². The maximum absolute atomic E-state index is 12.0. The Morgan fingerprint density at radius 3 is 2.72 bits per heavy atom. The zero-order chi connectivity index (χ0) is 13.3. The van der Waals surface area contributed by atoms with Crippen LogP contribution in [0.2, 0.25) is 0 Å². The Kier molecular flexibility index (Phi) is 3.43. The molecule has 0 saturated heterocycles. The highest BCUT2D eigenvalue weighted by Gasteiger charge is 2.41. The van der Waals surface area contributed by atoms with E-state index in [9.17, 15) is 18.3 Å². The van der Waals surface area contributed by atoms with Crippen LogP contribution in [0.15, 0.2) is 29.2 Å². The summed E-state index contributed by atoms with van der Waals surface area (Å²) in [5.41, 5.74) is 0.665. The normalized spacial score (nSPS) is 22.4. The number of fused-ring (bicyclic) bond motifs is 1. The number of carbonyl (C=O) groups is 1. The average molecular weight is 268 g/mol. The highest BCUT2D eigenvalue weighted by atomic mass is 32.2. The SMILES string of the molecule is CCCC(C(=O)O)C1CS(=O)(=O)c2ccccc21. The lowest BCUT2D eigenvalue weighted by atomic mass is 9.85. The molecular weight excluding hydrogens is 252 g/mol. The van der Waals surface area contributed by atoms with Crippen molar-refractivity contribution in [1.82, 2.24) is 0 Å². The van der Waals surface area contributed by atoms with Crippen LogP contribution in [0.3, 0.4) is 0 Å². The third-order valence-corrected chi connectivity index (χ3v) is 5.29. The first kappa shape index (κ1) is 13.1. The fourth-order valence-corrected chi connectivity index (χ4v) is 4.56. The number of rotatable bonds is 4. The summed E-state index contributed by atoms with van der Waals surface area (Å²) in [5.74, 6) is -2.02. The summed E-state index contributed by atoms with van der Waals surface area (Å²) >= 11 is 0. The van der Waals surface area contributed by atoms with Gasteiger partial charge in [0, 0.05) is 5.92 Å². The maximum atomic E-state index is 12.0. The lowest BCUT2D eigenvalue weighted by molar-refractivity contribution is -0.142. The van der Waals surface area contributed by atoms with Crippen molar-refractivity contribution in [2.75, 3.05) is 5.75 Å². The van der Waals surface area contributed by atoms with Gasteiger partial charge in [-0.15, -0.1) is 0 Å². The zero-order valence-corrected chi connectivity index (χ0v) is 11.0. The summed E-state index contributed by atoms with van der Waals surface area (Å²) in [5, 5.41) is 9.27. The second kappa shape index (κ2) is 4.72. The van der Waals surface area contributed by atoms with E-state index in [4.69, 9.17) is 0 Å². The first-order valence-corrected chi connectivity index (χ1v) is 7.67. The van der Waals surface area contributed by atoms with Gasteiger partial charge in [-0.1, -0.05) is 31.5 Å². The fraction of sp³-hybridized carbons (Fsp3) is 0.462. The van der Waals surface area contributed by atoms with Gasteiger partial charge in [0.05, 0.1) is 16.6 Å². The molecule has 0 aromatic heterocycles. The van der Waals surface area contributed by atoms with E-state index in [0.717, 1.165) is 6.42 Å². The Labute approximate surface area is 107 Å². The van der Waals surface area contributed by atoms with E-state index in [1.165, 1.54) is 0 Å². The number of hydrogen-bond acceptors (Lipinski definition) is 3. The van der Waals surface area contributed by atoms with Crippen LogP contribution in [0.5, 0.6) is 0 Å². The van der Waals surface area contributed by atoms with Crippen LogP contribution in [-0.4, -0.2) is 25.2 Å². The Hall–Kier alpha value is -1.36. The van der Waals surface area contributed by atoms with Crippen LogP contribution in [0.25, 0.3) is 0 Å². The van der Waals surface area contributed by atoms with Crippen LogP contribution >= 0.6 is 0 Å². The van der Waals surface area contributed by atoms with Crippen molar-refractivity contribution in [2.24, 2.45) is 5.92 Å². The van der Waals surface area contributed by atoms with Gasteiger partial charge in [0.25, 0.3) is 0 Å². The number of hydrogen-bond donors (Lipinski definition) is 1. The summed E-state index contributed by atoms with van der Waals surface area (Å²) in [6.45, 7) is 1.91. The standard InChI is InChI=1S/C13H16O4S/c1-2-5-10(13(14)15)11-8-18(16,17)12-7-4-3-6-9(11)12/h3-4,6-7,10-11H,2,5,8H2,1H3,(H,14,15). The van der Waals surface area contributed by atoms with Crippen LogP contribution in [0.1, 0.15) is 31.2 Å². The van der Waals surface area contributed by atoms with Gasteiger partial charge in [-0.3, -0.25) is 4.79 Å². The van der Waals surface area contributed by atoms with Crippen molar-refractivity contribution in [2.45, 2.75) is 30.6 Å². The molecule has 1 aliphatic rings. The number of benzene rings is 1. The monoisotopic (exact) mass is 268 g/mol. The molecular formula is C13H16O4S. The highest BCUT2D eigenvalue weighted by Crippen LogP contribution is 2.40. The van der Waals surface area contributed by atoms with Crippen molar-refractivity contribution in [3.8, 4) is 0 Å². The minimum atomic E-state index is -3.31. The van der Waals surface area contributed by atoms with E-state index in [-0.39, 0.29) is 5.75 Å². The summed E-state index contributed by atoms with van der Waals surface area (Å²) < 4.78 is 24.0. The molecule has 4 nitrogen and oxygen atoms in total. The Bertz CT molecular complexity index is 562. The van der Waals surface area contributed by atoms with E-state index in [0.29, 0.717) is 16.9 Å². The minimum Gasteiger partial charge on any atom is -0.481 e. The van der Waals surface area contributed by atoms with Gasteiger partial charge in [0.15, 0.2) is 9.84 Å². The smallest absolute Gasteiger partial charge is 0.307 e.